The number of hydrogen-bond donors (Lipinski definition) is 2. The minimum Gasteiger partial charge on any atom is -0.465 e. The summed E-state index contributed by atoms with van der Waals surface area (Å²) in [7, 11) is 0. The molecule has 3 aromatic rings. The molecular formula is C26H33N3O3. The molecule has 0 atom stereocenters. The first-order valence-corrected chi connectivity index (χ1v) is 11.6. The van der Waals surface area contributed by atoms with Gasteiger partial charge in [0.1, 0.15) is 0 Å². The summed E-state index contributed by atoms with van der Waals surface area (Å²) in [6.07, 6.45) is 10.7. The minimum absolute atomic E-state index is 0.227. The van der Waals surface area contributed by atoms with Crippen LogP contribution in [0.3, 0.4) is 0 Å². The minimum atomic E-state index is -1.05. The third-order valence-corrected chi connectivity index (χ3v) is 5.57. The van der Waals surface area contributed by atoms with Crippen molar-refractivity contribution in [2.45, 2.75) is 71.3 Å². The van der Waals surface area contributed by atoms with Crippen LogP contribution in [0.4, 0.5) is 4.79 Å². The zero-order valence-electron chi connectivity index (χ0n) is 18.8. The molecule has 0 spiro atoms. The number of aromatic nitrogens is 2. The molecule has 0 fully saturated rings. The fourth-order valence-corrected chi connectivity index (χ4v) is 3.73. The van der Waals surface area contributed by atoms with Gasteiger partial charge in [-0.2, -0.15) is 4.98 Å². The standard InChI is InChI=1S/C26H33N3O3/c1-2-3-4-5-6-7-8-9-11-20-14-16-22(17-15-20)24-28-25(32-29-24)23-13-10-12-21(18-23)19-27-26(30)31/h10,12-18,27H,2-9,11,19H2,1H3,(H,30,31). The highest BCUT2D eigenvalue weighted by molar-refractivity contribution is 5.65. The fourth-order valence-electron chi connectivity index (χ4n) is 3.73. The second kappa shape index (κ2) is 12.6. The molecule has 2 aromatic carbocycles. The lowest BCUT2D eigenvalue weighted by Gasteiger charge is -2.03. The number of benzene rings is 2. The molecular weight excluding hydrogens is 402 g/mol. The van der Waals surface area contributed by atoms with E-state index in [1.165, 1.54) is 56.9 Å². The highest BCUT2D eigenvalue weighted by Gasteiger charge is 2.11. The van der Waals surface area contributed by atoms with Gasteiger partial charge in [-0.3, -0.25) is 0 Å². The number of hydrogen-bond acceptors (Lipinski definition) is 4. The van der Waals surface area contributed by atoms with Crippen LogP contribution in [0, 0.1) is 0 Å². The van der Waals surface area contributed by atoms with Gasteiger partial charge in [0.25, 0.3) is 5.89 Å². The van der Waals surface area contributed by atoms with Crippen molar-refractivity contribution in [3.8, 4) is 22.8 Å². The number of carboxylic acid groups (broad SMARTS) is 1. The molecule has 2 N–H and O–H groups in total. The lowest BCUT2D eigenvalue weighted by atomic mass is 10.0. The average Bonchev–Trinajstić information content (AvgIpc) is 3.30. The number of rotatable bonds is 13. The van der Waals surface area contributed by atoms with E-state index in [4.69, 9.17) is 9.63 Å². The number of amides is 1. The summed E-state index contributed by atoms with van der Waals surface area (Å²) in [4.78, 5) is 15.2. The third-order valence-electron chi connectivity index (χ3n) is 5.57. The Morgan fingerprint density at radius 1 is 0.906 bits per heavy atom. The van der Waals surface area contributed by atoms with Crippen molar-refractivity contribution in [3.63, 3.8) is 0 Å². The van der Waals surface area contributed by atoms with E-state index in [0.29, 0.717) is 11.7 Å². The van der Waals surface area contributed by atoms with E-state index in [1.807, 2.05) is 36.4 Å². The zero-order chi connectivity index (χ0) is 22.6. The van der Waals surface area contributed by atoms with Gasteiger partial charge in [-0.1, -0.05) is 93.4 Å². The van der Waals surface area contributed by atoms with Crippen LogP contribution in [-0.4, -0.2) is 21.3 Å². The molecule has 0 unspecified atom stereocenters. The monoisotopic (exact) mass is 435 g/mol. The van der Waals surface area contributed by atoms with E-state index in [1.54, 1.807) is 0 Å². The lowest BCUT2D eigenvalue weighted by molar-refractivity contribution is 0.194. The smallest absolute Gasteiger partial charge is 0.404 e. The summed E-state index contributed by atoms with van der Waals surface area (Å²) < 4.78 is 5.44. The van der Waals surface area contributed by atoms with Crippen molar-refractivity contribution in [3.05, 3.63) is 59.7 Å². The Balaban J connectivity index is 1.50. The SMILES string of the molecule is CCCCCCCCCCc1ccc(-c2noc(-c3cccc(CNC(=O)O)c3)n2)cc1. The molecule has 0 bridgehead atoms. The summed E-state index contributed by atoms with van der Waals surface area (Å²) in [6, 6.07) is 15.8. The predicted molar refractivity (Wildman–Crippen MR) is 126 cm³/mol. The molecule has 32 heavy (non-hydrogen) atoms. The van der Waals surface area contributed by atoms with Crippen LogP contribution in [0.5, 0.6) is 0 Å². The van der Waals surface area contributed by atoms with Gasteiger partial charge in [0.15, 0.2) is 0 Å². The van der Waals surface area contributed by atoms with Crippen LogP contribution in [0.15, 0.2) is 53.1 Å². The summed E-state index contributed by atoms with van der Waals surface area (Å²) in [5.74, 6) is 0.966. The van der Waals surface area contributed by atoms with E-state index in [9.17, 15) is 4.79 Å². The van der Waals surface area contributed by atoms with Crippen molar-refractivity contribution < 1.29 is 14.4 Å². The second-order valence-corrected chi connectivity index (χ2v) is 8.20. The van der Waals surface area contributed by atoms with Gasteiger partial charge in [0.05, 0.1) is 0 Å². The van der Waals surface area contributed by atoms with E-state index < -0.39 is 6.09 Å². The van der Waals surface area contributed by atoms with Gasteiger partial charge >= 0.3 is 6.09 Å². The van der Waals surface area contributed by atoms with Crippen molar-refractivity contribution >= 4 is 6.09 Å². The third kappa shape index (κ3) is 7.52. The topological polar surface area (TPSA) is 88.2 Å². The largest absolute Gasteiger partial charge is 0.465 e. The van der Waals surface area contributed by atoms with Crippen LogP contribution in [0.25, 0.3) is 22.8 Å². The molecule has 0 saturated heterocycles. The average molecular weight is 436 g/mol. The van der Waals surface area contributed by atoms with Gasteiger partial charge in [-0.05, 0) is 36.1 Å². The van der Waals surface area contributed by atoms with E-state index >= 15 is 0 Å². The maximum absolute atomic E-state index is 10.7. The summed E-state index contributed by atoms with van der Waals surface area (Å²) in [6.45, 7) is 2.48. The molecule has 0 aliphatic rings. The molecule has 1 heterocycles. The molecule has 3 rings (SSSR count). The van der Waals surface area contributed by atoms with Crippen LogP contribution in [-0.2, 0) is 13.0 Å². The second-order valence-electron chi connectivity index (χ2n) is 8.20. The lowest BCUT2D eigenvalue weighted by Crippen LogP contribution is -2.19. The fraction of sp³-hybridized carbons (Fsp3) is 0.423. The number of aryl methyl sites for hydroxylation is 1. The molecule has 1 amide bonds. The van der Waals surface area contributed by atoms with Gasteiger partial charge < -0.3 is 14.9 Å². The van der Waals surface area contributed by atoms with Crippen molar-refractivity contribution in [2.75, 3.05) is 0 Å². The normalized spacial score (nSPS) is 10.9. The summed E-state index contributed by atoms with van der Waals surface area (Å²) in [5, 5.41) is 15.2. The zero-order valence-corrected chi connectivity index (χ0v) is 18.8. The van der Waals surface area contributed by atoms with Crippen LogP contribution in [0.2, 0.25) is 0 Å². The Morgan fingerprint density at radius 2 is 1.62 bits per heavy atom. The Kier molecular flexibility index (Phi) is 9.29. The predicted octanol–water partition coefficient (Wildman–Crippen LogP) is 6.85. The molecule has 0 saturated carbocycles. The molecule has 1 aromatic heterocycles. The van der Waals surface area contributed by atoms with Crippen LogP contribution in [0.1, 0.15) is 69.4 Å². The first kappa shape index (κ1) is 23.5. The van der Waals surface area contributed by atoms with Crippen molar-refractivity contribution in [2.24, 2.45) is 0 Å². The maximum atomic E-state index is 10.7. The van der Waals surface area contributed by atoms with E-state index in [2.05, 4.69) is 34.5 Å². The van der Waals surface area contributed by atoms with Crippen molar-refractivity contribution in [1.82, 2.24) is 15.5 Å². The summed E-state index contributed by atoms with van der Waals surface area (Å²) in [5.41, 5.74) is 3.85. The maximum Gasteiger partial charge on any atom is 0.404 e. The Labute approximate surface area is 190 Å². The van der Waals surface area contributed by atoms with Gasteiger partial charge in [0, 0.05) is 17.7 Å². The quantitative estimate of drug-likeness (QED) is 0.286. The highest BCUT2D eigenvalue weighted by Crippen LogP contribution is 2.23. The van der Waals surface area contributed by atoms with Crippen LogP contribution >= 0.6 is 0 Å². The molecule has 170 valence electrons. The highest BCUT2D eigenvalue weighted by atomic mass is 16.5. The Morgan fingerprint density at radius 3 is 2.34 bits per heavy atom. The molecule has 6 heteroatoms. The Hall–Kier alpha value is -3.15. The van der Waals surface area contributed by atoms with Crippen LogP contribution < -0.4 is 5.32 Å². The van der Waals surface area contributed by atoms with Crippen molar-refractivity contribution in [1.29, 1.82) is 0 Å². The summed E-state index contributed by atoms with van der Waals surface area (Å²) >= 11 is 0. The number of nitrogens with one attached hydrogen (secondary N) is 1. The van der Waals surface area contributed by atoms with Gasteiger partial charge in [-0.25, -0.2) is 4.79 Å². The first-order valence-electron chi connectivity index (χ1n) is 11.6. The molecule has 0 radical (unpaired) electrons. The molecule has 0 aliphatic heterocycles. The number of nitrogens with zero attached hydrogens (tertiary/aromatic N) is 2. The number of unbranched alkanes of at least 4 members (excludes halogenated alkanes) is 7. The molecule has 0 aliphatic carbocycles. The first-order chi connectivity index (χ1) is 15.7. The van der Waals surface area contributed by atoms with Gasteiger partial charge in [0.2, 0.25) is 5.82 Å². The van der Waals surface area contributed by atoms with Gasteiger partial charge in [-0.15, -0.1) is 0 Å². The molecule has 6 nitrogen and oxygen atoms in total. The number of carbonyl (C=O) groups is 1. The van der Waals surface area contributed by atoms with E-state index in [0.717, 1.165) is 23.1 Å². The Bertz CT molecular complexity index is 966. The van der Waals surface area contributed by atoms with E-state index in [-0.39, 0.29) is 6.54 Å².